The van der Waals surface area contributed by atoms with Gasteiger partial charge in [0.2, 0.25) is 5.91 Å². The Bertz CT molecular complexity index is 457. The number of benzene rings is 1. The van der Waals surface area contributed by atoms with Crippen molar-refractivity contribution in [3.05, 3.63) is 29.8 Å². The number of hydrogen-bond acceptors (Lipinski definition) is 2. The summed E-state index contributed by atoms with van der Waals surface area (Å²) < 4.78 is 0. The summed E-state index contributed by atoms with van der Waals surface area (Å²) in [5.74, 6) is 0.192. The van der Waals surface area contributed by atoms with E-state index in [1.54, 1.807) is 0 Å². The number of fused-ring (bicyclic) bond motifs is 2. The molecule has 17 heavy (non-hydrogen) atoms. The van der Waals surface area contributed by atoms with Crippen molar-refractivity contribution in [3.8, 4) is 0 Å². The van der Waals surface area contributed by atoms with Crippen LogP contribution in [-0.2, 0) is 10.2 Å². The maximum absolute atomic E-state index is 12.3. The van der Waals surface area contributed by atoms with Crippen molar-refractivity contribution >= 4 is 11.6 Å². The molecule has 1 aromatic carbocycles. The molecule has 2 heterocycles. The maximum atomic E-state index is 12.3. The minimum Gasteiger partial charge on any atom is -0.325 e. The highest BCUT2D eigenvalue weighted by Crippen LogP contribution is 2.43. The van der Waals surface area contributed by atoms with Gasteiger partial charge in [-0.05, 0) is 37.6 Å². The summed E-state index contributed by atoms with van der Waals surface area (Å²) in [4.78, 5) is 14.7. The zero-order valence-corrected chi connectivity index (χ0v) is 10.2. The Balaban J connectivity index is 1.96. The first kappa shape index (κ1) is 10.8. The molecule has 3 heteroatoms. The smallest absolute Gasteiger partial charge is 0.236 e. The zero-order chi connectivity index (χ0) is 11.9. The fourth-order valence-electron chi connectivity index (χ4n) is 3.17. The summed E-state index contributed by atoms with van der Waals surface area (Å²) in [6, 6.07) is 8.12. The van der Waals surface area contributed by atoms with E-state index in [0.717, 1.165) is 38.2 Å². The molecule has 2 aliphatic heterocycles. The lowest BCUT2D eigenvalue weighted by Crippen LogP contribution is -2.37. The molecule has 2 aliphatic rings. The molecule has 0 aliphatic carbocycles. The van der Waals surface area contributed by atoms with Crippen molar-refractivity contribution in [1.82, 2.24) is 4.90 Å². The Morgan fingerprint density at radius 3 is 3.06 bits per heavy atom. The quantitative estimate of drug-likeness (QED) is 0.842. The van der Waals surface area contributed by atoms with Crippen molar-refractivity contribution in [2.24, 2.45) is 0 Å². The van der Waals surface area contributed by atoms with E-state index in [1.165, 1.54) is 5.56 Å². The van der Waals surface area contributed by atoms with Crippen LogP contribution >= 0.6 is 0 Å². The van der Waals surface area contributed by atoms with Gasteiger partial charge in [0.05, 0.1) is 5.41 Å². The molecular formula is C14H18N2O. The molecule has 1 saturated heterocycles. The summed E-state index contributed by atoms with van der Waals surface area (Å²) in [5.41, 5.74) is 1.94. The lowest BCUT2D eigenvalue weighted by molar-refractivity contribution is -0.120. The van der Waals surface area contributed by atoms with Gasteiger partial charge in [-0.15, -0.1) is 0 Å². The average Bonchev–Trinajstić information content (AvgIpc) is 2.86. The lowest BCUT2D eigenvalue weighted by atomic mass is 9.81. The summed E-state index contributed by atoms with van der Waals surface area (Å²) in [7, 11) is 0. The first-order valence-electron chi connectivity index (χ1n) is 6.39. The third-order valence-corrected chi connectivity index (χ3v) is 4.01. The number of para-hydroxylation sites is 1. The Kier molecular flexibility index (Phi) is 2.44. The largest absolute Gasteiger partial charge is 0.325 e. The monoisotopic (exact) mass is 230 g/mol. The van der Waals surface area contributed by atoms with Gasteiger partial charge in [-0.2, -0.15) is 0 Å². The van der Waals surface area contributed by atoms with E-state index in [2.05, 4.69) is 23.2 Å². The van der Waals surface area contributed by atoms with Crippen molar-refractivity contribution in [1.29, 1.82) is 0 Å². The molecule has 1 spiro atoms. The molecule has 0 saturated carbocycles. The molecular weight excluding hydrogens is 212 g/mol. The fraction of sp³-hybridized carbons (Fsp3) is 0.500. The van der Waals surface area contributed by atoms with Crippen LogP contribution in [0.15, 0.2) is 24.3 Å². The minimum absolute atomic E-state index is 0.192. The second kappa shape index (κ2) is 3.84. The number of amides is 1. The third-order valence-electron chi connectivity index (χ3n) is 4.01. The number of rotatable bonds is 2. The highest BCUT2D eigenvalue weighted by Gasteiger charge is 2.50. The Morgan fingerprint density at radius 1 is 1.41 bits per heavy atom. The number of likely N-dealkylation sites (tertiary alicyclic amines) is 1. The molecule has 1 fully saturated rings. The second-order valence-corrected chi connectivity index (χ2v) is 5.11. The lowest BCUT2D eigenvalue weighted by Gasteiger charge is -2.22. The van der Waals surface area contributed by atoms with E-state index in [9.17, 15) is 4.79 Å². The van der Waals surface area contributed by atoms with Gasteiger partial charge in [0.15, 0.2) is 0 Å². The molecule has 1 amide bonds. The minimum atomic E-state index is -0.272. The summed E-state index contributed by atoms with van der Waals surface area (Å²) in [5, 5.41) is 3.03. The SMILES string of the molecule is CCCN1CCC2(C1)C(=O)Nc1ccccc12. The number of hydrogen-bond donors (Lipinski definition) is 1. The Labute approximate surface area is 102 Å². The van der Waals surface area contributed by atoms with E-state index in [1.807, 2.05) is 18.2 Å². The van der Waals surface area contributed by atoms with Crippen molar-refractivity contribution < 1.29 is 4.79 Å². The number of nitrogens with one attached hydrogen (secondary N) is 1. The first-order chi connectivity index (χ1) is 8.26. The molecule has 0 bridgehead atoms. The molecule has 0 radical (unpaired) electrons. The Morgan fingerprint density at radius 2 is 2.24 bits per heavy atom. The van der Waals surface area contributed by atoms with Crippen LogP contribution in [0.1, 0.15) is 25.3 Å². The molecule has 90 valence electrons. The first-order valence-corrected chi connectivity index (χ1v) is 6.39. The van der Waals surface area contributed by atoms with E-state index >= 15 is 0 Å². The van der Waals surface area contributed by atoms with Crippen LogP contribution < -0.4 is 5.32 Å². The van der Waals surface area contributed by atoms with E-state index < -0.39 is 0 Å². The highest BCUT2D eigenvalue weighted by atomic mass is 16.2. The standard InChI is InChI=1S/C14H18N2O/c1-2-8-16-9-7-14(10-16)11-5-3-4-6-12(11)15-13(14)17/h3-6H,2,7-10H2,1H3,(H,15,17). The normalized spacial score (nSPS) is 27.5. The third kappa shape index (κ3) is 1.49. The number of carbonyl (C=O) groups is 1. The van der Waals surface area contributed by atoms with E-state index in [-0.39, 0.29) is 11.3 Å². The summed E-state index contributed by atoms with van der Waals surface area (Å²) >= 11 is 0. The average molecular weight is 230 g/mol. The van der Waals surface area contributed by atoms with Crippen LogP contribution in [0.5, 0.6) is 0 Å². The van der Waals surface area contributed by atoms with Gasteiger partial charge in [0.25, 0.3) is 0 Å². The predicted molar refractivity (Wildman–Crippen MR) is 68.1 cm³/mol. The van der Waals surface area contributed by atoms with Crippen LogP contribution in [0.25, 0.3) is 0 Å². The van der Waals surface area contributed by atoms with Crippen LogP contribution in [0, 0.1) is 0 Å². The van der Waals surface area contributed by atoms with Gasteiger partial charge in [-0.25, -0.2) is 0 Å². The topological polar surface area (TPSA) is 32.3 Å². The molecule has 1 unspecified atom stereocenters. The Hall–Kier alpha value is -1.35. The highest BCUT2D eigenvalue weighted by molar-refractivity contribution is 6.06. The maximum Gasteiger partial charge on any atom is 0.236 e. The number of carbonyl (C=O) groups excluding carboxylic acids is 1. The number of nitrogens with zero attached hydrogens (tertiary/aromatic N) is 1. The summed E-state index contributed by atoms with van der Waals surface area (Å²) in [6.07, 6.45) is 2.11. The van der Waals surface area contributed by atoms with Gasteiger partial charge < -0.3 is 10.2 Å². The van der Waals surface area contributed by atoms with Gasteiger partial charge in [0.1, 0.15) is 0 Å². The summed E-state index contributed by atoms with van der Waals surface area (Å²) in [6.45, 7) is 5.20. The van der Waals surface area contributed by atoms with Gasteiger partial charge in [-0.1, -0.05) is 25.1 Å². The van der Waals surface area contributed by atoms with Crippen LogP contribution in [0.4, 0.5) is 5.69 Å². The van der Waals surface area contributed by atoms with Crippen LogP contribution in [-0.4, -0.2) is 30.4 Å². The van der Waals surface area contributed by atoms with Crippen LogP contribution in [0.2, 0.25) is 0 Å². The predicted octanol–water partition coefficient (Wildman–Crippen LogP) is 1.99. The second-order valence-electron chi connectivity index (χ2n) is 5.11. The fourth-order valence-corrected chi connectivity index (χ4v) is 3.17. The molecule has 1 aromatic rings. The molecule has 1 atom stereocenters. The zero-order valence-electron chi connectivity index (χ0n) is 10.2. The van der Waals surface area contributed by atoms with Crippen molar-refractivity contribution in [3.63, 3.8) is 0 Å². The molecule has 0 aromatic heterocycles. The molecule has 3 nitrogen and oxygen atoms in total. The van der Waals surface area contributed by atoms with Crippen molar-refractivity contribution in [2.45, 2.75) is 25.2 Å². The van der Waals surface area contributed by atoms with Crippen LogP contribution in [0.3, 0.4) is 0 Å². The molecule has 3 rings (SSSR count). The molecule has 1 N–H and O–H groups in total. The van der Waals surface area contributed by atoms with Gasteiger partial charge >= 0.3 is 0 Å². The number of anilines is 1. The van der Waals surface area contributed by atoms with E-state index in [0.29, 0.717) is 0 Å². The van der Waals surface area contributed by atoms with Gasteiger partial charge in [0, 0.05) is 12.2 Å². The van der Waals surface area contributed by atoms with E-state index in [4.69, 9.17) is 0 Å². The van der Waals surface area contributed by atoms with Gasteiger partial charge in [-0.3, -0.25) is 4.79 Å². The van der Waals surface area contributed by atoms with Crippen molar-refractivity contribution in [2.75, 3.05) is 25.0 Å².